The van der Waals surface area contributed by atoms with Crippen molar-refractivity contribution in [1.82, 2.24) is 15.2 Å². The summed E-state index contributed by atoms with van der Waals surface area (Å²) in [6.07, 6.45) is 2.02. The quantitative estimate of drug-likeness (QED) is 0.923. The molecule has 1 N–H and O–H groups in total. The van der Waals surface area contributed by atoms with Gasteiger partial charge in [-0.3, -0.25) is 4.90 Å². The van der Waals surface area contributed by atoms with E-state index in [4.69, 9.17) is 4.98 Å². The lowest BCUT2D eigenvalue weighted by atomic mass is 10.0. The molecule has 0 amide bonds. The molecular weight excluding hydrogens is 260 g/mol. The van der Waals surface area contributed by atoms with Crippen molar-refractivity contribution in [1.29, 1.82) is 0 Å². The van der Waals surface area contributed by atoms with Gasteiger partial charge in [-0.1, -0.05) is 6.92 Å². The molecule has 1 aliphatic heterocycles. The van der Waals surface area contributed by atoms with Gasteiger partial charge in [0.15, 0.2) is 0 Å². The van der Waals surface area contributed by atoms with Crippen LogP contribution in [0.15, 0.2) is 12.3 Å². The maximum absolute atomic E-state index is 4.71. The number of aryl methyl sites for hydroxylation is 1. The number of hydrogen-bond acceptors (Lipinski definition) is 4. The maximum atomic E-state index is 4.71. The first-order chi connectivity index (χ1) is 9.91. The van der Waals surface area contributed by atoms with Crippen molar-refractivity contribution < 1.29 is 0 Å². The van der Waals surface area contributed by atoms with Crippen LogP contribution in [-0.4, -0.2) is 48.1 Å². The maximum Gasteiger partial charge on any atom is 0.131 e. The lowest BCUT2D eigenvalue weighted by Crippen LogP contribution is -2.53. The third kappa shape index (κ3) is 4.17. The number of nitrogens with zero attached hydrogens (tertiary/aromatic N) is 3. The van der Waals surface area contributed by atoms with Crippen molar-refractivity contribution in [2.75, 3.05) is 37.6 Å². The van der Waals surface area contributed by atoms with Gasteiger partial charge in [0.2, 0.25) is 0 Å². The smallest absolute Gasteiger partial charge is 0.131 e. The van der Waals surface area contributed by atoms with Gasteiger partial charge in [-0.15, -0.1) is 0 Å². The van der Waals surface area contributed by atoms with Crippen LogP contribution < -0.4 is 10.2 Å². The molecule has 1 aromatic heterocycles. The molecule has 21 heavy (non-hydrogen) atoms. The van der Waals surface area contributed by atoms with Gasteiger partial charge in [0, 0.05) is 44.5 Å². The number of pyridine rings is 1. The summed E-state index contributed by atoms with van der Waals surface area (Å²) in [5.41, 5.74) is 2.82. The zero-order valence-electron chi connectivity index (χ0n) is 14.2. The fourth-order valence-corrected chi connectivity index (χ4v) is 2.91. The Morgan fingerprint density at radius 3 is 2.38 bits per heavy atom. The Kier molecular flexibility index (Phi) is 5.22. The number of piperazine rings is 1. The van der Waals surface area contributed by atoms with Gasteiger partial charge in [0.25, 0.3) is 0 Å². The van der Waals surface area contributed by atoms with Crippen LogP contribution in [0.1, 0.15) is 38.8 Å². The Hall–Kier alpha value is -1.13. The largest absolute Gasteiger partial charge is 0.354 e. The first-order valence-electron chi connectivity index (χ1n) is 8.08. The number of anilines is 1. The van der Waals surface area contributed by atoms with Crippen molar-refractivity contribution in [2.24, 2.45) is 0 Å². The molecule has 0 aliphatic carbocycles. The molecule has 4 nitrogen and oxygen atoms in total. The third-order valence-electron chi connectivity index (χ3n) is 4.21. The van der Waals surface area contributed by atoms with E-state index in [2.05, 4.69) is 55.8 Å². The Morgan fingerprint density at radius 2 is 1.86 bits per heavy atom. The molecule has 1 fully saturated rings. The summed E-state index contributed by atoms with van der Waals surface area (Å²) in [6.45, 7) is 17.4. The van der Waals surface area contributed by atoms with Gasteiger partial charge >= 0.3 is 0 Å². The van der Waals surface area contributed by atoms with E-state index in [1.807, 2.05) is 6.20 Å². The molecular formula is C17H30N4. The molecule has 0 aromatic carbocycles. The first kappa shape index (κ1) is 16.2. The highest BCUT2D eigenvalue weighted by atomic mass is 15.3. The SMILES string of the molecule is CCNCc1cnc(N2CCN(C(C)(C)C)CC2)c(C)c1. The molecule has 0 bridgehead atoms. The summed E-state index contributed by atoms with van der Waals surface area (Å²) >= 11 is 0. The first-order valence-corrected chi connectivity index (χ1v) is 8.08. The van der Waals surface area contributed by atoms with Crippen LogP contribution in [0, 0.1) is 6.92 Å². The molecule has 1 saturated heterocycles. The van der Waals surface area contributed by atoms with Crippen LogP contribution in [0.5, 0.6) is 0 Å². The van der Waals surface area contributed by atoms with Crippen molar-refractivity contribution >= 4 is 5.82 Å². The van der Waals surface area contributed by atoms with Gasteiger partial charge in [-0.2, -0.15) is 0 Å². The van der Waals surface area contributed by atoms with Crippen LogP contribution in [0.2, 0.25) is 0 Å². The molecule has 2 rings (SSSR count). The lowest BCUT2D eigenvalue weighted by molar-refractivity contribution is 0.128. The normalized spacial score (nSPS) is 17.3. The Labute approximate surface area is 129 Å². The summed E-state index contributed by atoms with van der Waals surface area (Å²) in [4.78, 5) is 9.69. The minimum atomic E-state index is 0.268. The minimum absolute atomic E-state index is 0.268. The van der Waals surface area contributed by atoms with E-state index in [-0.39, 0.29) is 5.54 Å². The summed E-state index contributed by atoms with van der Waals surface area (Å²) in [5.74, 6) is 1.16. The molecule has 2 heterocycles. The molecule has 0 saturated carbocycles. The molecule has 118 valence electrons. The van der Waals surface area contributed by atoms with Gasteiger partial charge in [-0.25, -0.2) is 4.98 Å². The number of nitrogens with one attached hydrogen (secondary N) is 1. The van der Waals surface area contributed by atoms with Crippen LogP contribution >= 0.6 is 0 Å². The Balaban J connectivity index is 2.00. The predicted octanol–water partition coefficient (Wildman–Crippen LogP) is 2.42. The fourth-order valence-electron chi connectivity index (χ4n) is 2.91. The highest BCUT2D eigenvalue weighted by molar-refractivity contribution is 5.47. The van der Waals surface area contributed by atoms with Gasteiger partial charge < -0.3 is 10.2 Å². The van der Waals surface area contributed by atoms with Crippen LogP contribution in [-0.2, 0) is 6.54 Å². The Morgan fingerprint density at radius 1 is 1.19 bits per heavy atom. The topological polar surface area (TPSA) is 31.4 Å². The van der Waals surface area contributed by atoms with Gasteiger partial charge in [-0.05, 0) is 51.4 Å². The molecule has 0 unspecified atom stereocenters. The second-order valence-electron chi connectivity index (χ2n) is 6.91. The van der Waals surface area contributed by atoms with E-state index < -0.39 is 0 Å². The molecule has 0 radical (unpaired) electrons. The van der Waals surface area contributed by atoms with Crippen LogP contribution in [0.3, 0.4) is 0 Å². The Bertz CT molecular complexity index is 456. The van der Waals surface area contributed by atoms with Crippen molar-refractivity contribution in [3.05, 3.63) is 23.4 Å². The van der Waals surface area contributed by atoms with Gasteiger partial charge in [0.1, 0.15) is 5.82 Å². The van der Waals surface area contributed by atoms with Crippen LogP contribution in [0.25, 0.3) is 0 Å². The fraction of sp³-hybridized carbons (Fsp3) is 0.706. The number of rotatable bonds is 4. The summed E-state index contributed by atoms with van der Waals surface area (Å²) in [7, 11) is 0. The van der Waals surface area contributed by atoms with Crippen molar-refractivity contribution in [2.45, 2.75) is 46.7 Å². The van der Waals surface area contributed by atoms with Crippen molar-refractivity contribution in [3.63, 3.8) is 0 Å². The van der Waals surface area contributed by atoms with Crippen molar-refractivity contribution in [3.8, 4) is 0 Å². The second kappa shape index (κ2) is 6.75. The van der Waals surface area contributed by atoms with E-state index in [9.17, 15) is 0 Å². The van der Waals surface area contributed by atoms with E-state index in [1.165, 1.54) is 11.1 Å². The average molecular weight is 290 g/mol. The molecule has 4 heteroatoms. The monoisotopic (exact) mass is 290 g/mol. The molecule has 0 atom stereocenters. The predicted molar refractivity (Wildman–Crippen MR) is 89.9 cm³/mol. The molecule has 1 aliphatic rings. The standard InChI is InChI=1S/C17H30N4/c1-6-18-12-15-11-14(2)16(19-13-15)20-7-9-21(10-8-20)17(3,4)5/h11,13,18H,6-10,12H2,1-5H3. The minimum Gasteiger partial charge on any atom is -0.354 e. The zero-order chi connectivity index (χ0) is 15.5. The lowest BCUT2D eigenvalue weighted by Gasteiger charge is -2.42. The highest BCUT2D eigenvalue weighted by Gasteiger charge is 2.26. The third-order valence-corrected chi connectivity index (χ3v) is 4.21. The van der Waals surface area contributed by atoms with E-state index in [0.717, 1.165) is 45.1 Å². The van der Waals surface area contributed by atoms with E-state index in [0.29, 0.717) is 0 Å². The van der Waals surface area contributed by atoms with Crippen LogP contribution in [0.4, 0.5) is 5.82 Å². The average Bonchev–Trinajstić information content (AvgIpc) is 2.44. The van der Waals surface area contributed by atoms with E-state index in [1.54, 1.807) is 0 Å². The summed E-state index contributed by atoms with van der Waals surface area (Å²) in [6, 6.07) is 2.27. The van der Waals surface area contributed by atoms with Gasteiger partial charge in [0.05, 0.1) is 0 Å². The second-order valence-corrected chi connectivity index (χ2v) is 6.91. The summed E-state index contributed by atoms with van der Waals surface area (Å²) < 4.78 is 0. The zero-order valence-corrected chi connectivity index (χ0v) is 14.2. The number of hydrogen-bond donors (Lipinski definition) is 1. The van der Waals surface area contributed by atoms with E-state index >= 15 is 0 Å². The molecule has 1 aromatic rings. The number of aromatic nitrogens is 1. The highest BCUT2D eigenvalue weighted by Crippen LogP contribution is 2.22. The summed E-state index contributed by atoms with van der Waals surface area (Å²) in [5, 5.41) is 3.35. The molecule has 0 spiro atoms.